The molecular formula is C6H13N2O2S-. The Morgan fingerprint density at radius 3 is 2.82 bits per heavy atom. The summed E-state index contributed by atoms with van der Waals surface area (Å²) in [4.78, 5) is 0. The topological polar surface area (TPSA) is 76.0 Å². The molecule has 0 aromatic rings. The highest BCUT2D eigenvalue weighted by Gasteiger charge is 2.01. The minimum atomic E-state index is -2.25. The molecule has 0 bridgehead atoms. The van der Waals surface area contributed by atoms with Gasteiger partial charge in [-0.15, -0.1) is 0 Å². The molecule has 0 saturated heterocycles. The van der Waals surface area contributed by atoms with E-state index in [0.29, 0.717) is 6.42 Å². The van der Waals surface area contributed by atoms with Gasteiger partial charge < -0.3 is 9.96 Å². The highest BCUT2D eigenvalue weighted by atomic mass is 32.2. The summed E-state index contributed by atoms with van der Waals surface area (Å²) in [5.41, 5.74) is 0. The van der Waals surface area contributed by atoms with Crippen molar-refractivity contribution in [3.05, 3.63) is 0 Å². The number of rotatable bonds is 6. The maximum absolute atomic E-state index is 10.1. The van der Waals surface area contributed by atoms with E-state index < -0.39 is 11.3 Å². The molecule has 5 heteroatoms. The lowest BCUT2D eigenvalue weighted by Crippen LogP contribution is -2.31. The largest absolute Gasteiger partial charge is 0.760 e. The van der Waals surface area contributed by atoms with Crippen molar-refractivity contribution in [3.63, 3.8) is 0 Å². The third-order valence-electron chi connectivity index (χ3n) is 1.32. The quantitative estimate of drug-likeness (QED) is 0.460. The van der Waals surface area contributed by atoms with Gasteiger partial charge in [0.15, 0.2) is 0 Å². The van der Waals surface area contributed by atoms with Crippen molar-refractivity contribution < 1.29 is 8.76 Å². The van der Waals surface area contributed by atoms with Crippen molar-refractivity contribution >= 4 is 17.5 Å². The van der Waals surface area contributed by atoms with Crippen LogP contribution in [0.3, 0.4) is 0 Å². The molecule has 0 spiro atoms. The molecule has 0 rings (SSSR count). The molecule has 2 unspecified atom stereocenters. The smallest absolute Gasteiger partial charge is 0.0529 e. The van der Waals surface area contributed by atoms with Gasteiger partial charge in [-0.2, -0.15) is 0 Å². The Bertz CT molecular complexity index is 141. The van der Waals surface area contributed by atoms with Crippen LogP contribution < -0.4 is 4.72 Å². The Hall–Kier alpha value is -0.260. The van der Waals surface area contributed by atoms with Crippen molar-refractivity contribution in [2.45, 2.75) is 32.2 Å². The summed E-state index contributed by atoms with van der Waals surface area (Å²) in [5.74, 6) is 0. The molecule has 0 radical (unpaired) electrons. The fourth-order valence-electron chi connectivity index (χ4n) is 0.724. The Morgan fingerprint density at radius 1 is 1.82 bits per heavy atom. The van der Waals surface area contributed by atoms with Crippen LogP contribution in [0.1, 0.15) is 26.2 Å². The first-order chi connectivity index (χ1) is 5.20. The molecule has 0 amide bonds. The Balaban J connectivity index is 3.57. The first kappa shape index (κ1) is 10.7. The molecule has 0 saturated carbocycles. The molecular weight excluding hydrogens is 164 g/mol. The van der Waals surface area contributed by atoms with E-state index >= 15 is 0 Å². The first-order valence-electron chi connectivity index (χ1n) is 3.56. The second-order valence-electron chi connectivity index (χ2n) is 2.27. The average Bonchev–Trinajstić information content (AvgIpc) is 1.97. The van der Waals surface area contributed by atoms with Gasteiger partial charge in [-0.05, 0) is 6.42 Å². The van der Waals surface area contributed by atoms with Crippen molar-refractivity contribution in [1.82, 2.24) is 4.72 Å². The molecule has 0 heterocycles. The monoisotopic (exact) mass is 177 g/mol. The SMILES string of the molecule is CCCCC(C=N)NS(=O)[O-]. The van der Waals surface area contributed by atoms with Crippen LogP contribution in [0.25, 0.3) is 0 Å². The molecule has 0 aliphatic rings. The van der Waals surface area contributed by atoms with Crippen LogP contribution in [-0.4, -0.2) is 21.0 Å². The zero-order chi connectivity index (χ0) is 8.69. The number of unbranched alkanes of at least 4 members (excludes halogenated alkanes) is 1. The third kappa shape index (κ3) is 6.15. The van der Waals surface area contributed by atoms with Gasteiger partial charge in [-0.3, -0.25) is 4.21 Å². The summed E-state index contributed by atoms with van der Waals surface area (Å²) in [5, 5.41) is 6.87. The summed E-state index contributed by atoms with van der Waals surface area (Å²) >= 11 is -2.25. The Morgan fingerprint density at radius 2 is 2.45 bits per heavy atom. The third-order valence-corrected chi connectivity index (χ3v) is 1.81. The molecule has 0 aliphatic heterocycles. The van der Waals surface area contributed by atoms with Crippen molar-refractivity contribution in [2.24, 2.45) is 0 Å². The van der Waals surface area contributed by atoms with Crippen LogP contribution >= 0.6 is 0 Å². The van der Waals surface area contributed by atoms with E-state index in [9.17, 15) is 8.76 Å². The zero-order valence-electron chi connectivity index (χ0n) is 6.50. The van der Waals surface area contributed by atoms with Crippen LogP contribution in [0, 0.1) is 5.41 Å². The summed E-state index contributed by atoms with van der Waals surface area (Å²) in [6, 6.07) is -0.326. The zero-order valence-corrected chi connectivity index (χ0v) is 7.32. The van der Waals surface area contributed by atoms with Crippen molar-refractivity contribution in [3.8, 4) is 0 Å². The minimum absolute atomic E-state index is 0.326. The van der Waals surface area contributed by atoms with E-state index in [1.165, 1.54) is 0 Å². The van der Waals surface area contributed by atoms with Gasteiger partial charge >= 0.3 is 0 Å². The van der Waals surface area contributed by atoms with Crippen LogP contribution in [0.5, 0.6) is 0 Å². The van der Waals surface area contributed by atoms with Crippen molar-refractivity contribution in [2.75, 3.05) is 0 Å². The van der Waals surface area contributed by atoms with E-state index in [-0.39, 0.29) is 6.04 Å². The van der Waals surface area contributed by atoms with E-state index in [1.54, 1.807) is 0 Å². The molecule has 4 nitrogen and oxygen atoms in total. The second-order valence-corrected chi connectivity index (χ2v) is 2.97. The lowest BCUT2D eigenvalue weighted by Gasteiger charge is -2.14. The summed E-state index contributed by atoms with van der Waals surface area (Å²) in [6.07, 6.45) is 3.77. The predicted octanol–water partition coefficient (Wildman–Crippen LogP) is 0.578. The van der Waals surface area contributed by atoms with Crippen molar-refractivity contribution in [1.29, 1.82) is 5.41 Å². The predicted molar refractivity (Wildman–Crippen MR) is 44.2 cm³/mol. The second kappa shape index (κ2) is 6.45. The van der Waals surface area contributed by atoms with Crippen LogP contribution in [0.2, 0.25) is 0 Å². The normalized spacial score (nSPS) is 15.8. The van der Waals surface area contributed by atoms with Crippen LogP contribution in [-0.2, 0) is 11.3 Å². The summed E-state index contributed by atoms with van der Waals surface area (Å²) < 4.78 is 22.5. The summed E-state index contributed by atoms with van der Waals surface area (Å²) in [7, 11) is 0. The highest BCUT2D eigenvalue weighted by Crippen LogP contribution is 1.98. The van der Waals surface area contributed by atoms with Crippen LogP contribution in [0.4, 0.5) is 0 Å². The number of nitrogens with one attached hydrogen (secondary N) is 2. The maximum atomic E-state index is 10.1. The standard InChI is InChI=1S/C6H14N2O2S/c1-2-3-4-6(5-7)8-11(9)10/h5-8H,2-4H2,1H3,(H,9,10)/p-1. The Kier molecular flexibility index (Phi) is 6.30. The van der Waals surface area contributed by atoms with E-state index in [4.69, 9.17) is 5.41 Å². The molecule has 11 heavy (non-hydrogen) atoms. The van der Waals surface area contributed by atoms with Crippen LogP contribution in [0.15, 0.2) is 0 Å². The number of hydrogen-bond acceptors (Lipinski definition) is 3. The van der Waals surface area contributed by atoms with Gasteiger partial charge in [0.1, 0.15) is 0 Å². The van der Waals surface area contributed by atoms with E-state index in [1.807, 2.05) is 6.92 Å². The van der Waals surface area contributed by atoms with Gasteiger partial charge in [-0.25, -0.2) is 4.72 Å². The van der Waals surface area contributed by atoms with E-state index in [0.717, 1.165) is 19.1 Å². The average molecular weight is 177 g/mol. The minimum Gasteiger partial charge on any atom is -0.760 e. The molecule has 2 atom stereocenters. The molecule has 0 aromatic heterocycles. The van der Waals surface area contributed by atoms with Gasteiger partial charge in [0.05, 0.1) is 6.04 Å². The molecule has 0 aromatic carbocycles. The molecule has 0 aliphatic carbocycles. The van der Waals surface area contributed by atoms with Gasteiger partial charge in [-0.1, -0.05) is 19.8 Å². The lowest BCUT2D eigenvalue weighted by atomic mass is 10.1. The molecule has 66 valence electrons. The fourth-order valence-corrected chi connectivity index (χ4v) is 1.16. The molecule has 0 fully saturated rings. The van der Waals surface area contributed by atoms with Gasteiger partial charge in [0.2, 0.25) is 0 Å². The Labute approximate surface area is 69.3 Å². The highest BCUT2D eigenvalue weighted by molar-refractivity contribution is 7.77. The maximum Gasteiger partial charge on any atom is 0.0529 e. The lowest BCUT2D eigenvalue weighted by molar-refractivity contribution is 0.512. The molecule has 2 N–H and O–H groups in total. The van der Waals surface area contributed by atoms with Gasteiger partial charge in [0.25, 0.3) is 0 Å². The fraction of sp³-hybridized carbons (Fsp3) is 0.833. The first-order valence-corrected chi connectivity index (χ1v) is 4.64. The number of hydrogen-bond donors (Lipinski definition) is 2. The summed E-state index contributed by atoms with van der Waals surface area (Å²) in [6.45, 7) is 2.02. The van der Waals surface area contributed by atoms with E-state index in [2.05, 4.69) is 4.72 Å². The van der Waals surface area contributed by atoms with Gasteiger partial charge in [0, 0.05) is 17.5 Å².